The Labute approximate surface area is 102 Å². The van der Waals surface area contributed by atoms with Crippen LogP contribution in [0.1, 0.15) is 6.42 Å². The van der Waals surface area contributed by atoms with Gasteiger partial charge in [0.1, 0.15) is 0 Å². The van der Waals surface area contributed by atoms with E-state index in [2.05, 4.69) is 10.6 Å². The Hall–Kier alpha value is -0.850. The Balaban J connectivity index is 1.70. The molecule has 0 spiro atoms. The zero-order chi connectivity index (χ0) is 12.1. The highest BCUT2D eigenvalue weighted by Gasteiger charge is 2.22. The molecule has 0 radical (unpaired) electrons. The molecular formula is C11H21N3O3. The van der Waals surface area contributed by atoms with E-state index in [0.717, 1.165) is 32.7 Å². The Kier molecular flexibility index (Phi) is 4.58. The summed E-state index contributed by atoms with van der Waals surface area (Å²) in [7, 11) is 1.79. The number of likely N-dealkylation sites (N-methyl/N-ethyl adjacent to an activating group) is 1. The minimum atomic E-state index is -0.0466. The van der Waals surface area contributed by atoms with Crippen molar-refractivity contribution in [1.82, 2.24) is 15.5 Å². The largest absolute Gasteiger partial charge is 0.379 e. The fraction of sp³-hybridized carbons (Fsp3) is 0.909. The molecule has 2 atom stereocenters. The fourth-order valence-corrected chi connectivity index (χ4v) is 2.06. The van der Waals surface area contributed by atoms with Crippen molar-refractivity contribution in [2.24, 2.45) is 0 Å². The molecule has 0 aromatic rings. The van der Waals surface area contributed by atoms with Crippen molar-refractivity contribution >= 4 is 6.03 Å². The van der Waals surface area contributed by atoms with Gasteiger partial charge in [0.15, 0.2) is 0 Å². The zero-order valence-electron chi connectivity index (χ0n) is 10.3. The molecule has 0 aliphatic carbocycles. The number of rotatable bonds is 3. The molecule has 2 saturated heterocycles. The van der Waals surface area contributed by atoms with E-state index in [1.165, 1.54) is 0 Å². The van der Waals surface area contributed by atoms with Crippen LogP contribution >= 0.6 is 0 Å². The molecule has 2 unspecified atom stereocenters. The third-order valence-electron chi connectivity index (χ3n) is 3.09. The van der Waals surface area contributed by atoms with E-state index in [1.807, 2.05) is 0 Å². The third kappa shape index (κ3) is 3.83. The molecule has 0 bridgehead atoms. The summed E-state index contributed by atoms with van der Waals surface area (Å²) in [6.45, 7) is 4.41. The average molecular weight is 243 g/mol. The molecular weight excluding hydrogens is 222 g/mol. The van der Waals surface area contributed by atoms with E-state index in [4.69, 9.17) is 9.47 Å². The number of carbonyl (C=O) groups is 1. The van der Waals surface area contributed by atoms with Gasteiger partial charge in [0, 0.05) is 33.3 Å². The van der Waals surface area contributed by atoms with Crippen molar-refractivity contribution in [1.29, 1.82) is 0 Å². The van der Waals surface area contributed by atoms with E-state index in [1.54, 1.807) is 11.9 Å². The second-order valence-corrected chi connectivity index (χ2v) is 4.59. The number of morpholine rings is 1. The maximum atomic E-state index is 11.9. The van der Waals surface area contributed by atoms with Gasteiger partial charge in [-0.25, -0.2) is 4.79 Å². The Bertz CT molecular complexity index is 250. The van der Waals surface area contributed by atoms with Gasteiger partial charge < -0.3 is 25.0 Å². The van der Waals surface area contributed by atoms with Gasteiger partial charge in [-0.05, 0) is 6.42 Å². The minimum absolute atomic E-state index is 0.0466. The van der Waals surface area contributed by atoms with Gasteiger partial charge >= 0.3 is 6.03 Å². The zero-order valence-corrected chi connectivity index (χ0v) is 10.3. The number of carbonyl (C=O) groups excluding carboxylic acids is 1. The quantitative estimate of drug-likeness (QED) is 0.695. The first-order valence-electron chi connectivity index (χ1n) is 6.17. The monoisotopic (exact) mass is 243 g/mol. The number of hydrogen-bond donors (Lipinski definition) is 2. The second kappa shape index (κ2) is 6.18. The van der Waals surface area contributed by atoms with E-state index in [9.17, 15) is 4.79 Å². The molecule has 98 valence electrons. The van der Waals surface area contributed by atoms with Gasteiger partial charge in [-0.15, -0.1) is 0 Å². The van der Waals surface area contributed by atoms with E-state index >= 15 is 0 Å². The maximum absolute atomic E-state index is 11.9. The highest BCUT2D eigenvalue weighted by atomic mass is 16.5. The SMILES string of the molecule is CN(CC1CNCCO1)C(=O)NC1CCOC1. The standard InChI is InChI=1S/C11H21N3O3/c1-14(7-10-6-12-3-5-17-10)11(15)13-9-2-4-16-8-9/h9-10,12H,2-8H2,1H3,(H,13,15). The lowest BCUT2D eigenvalue weighted by Crippen LogP contribution is -2.49. The van der Waals surface area contributed by atoms with Crippen molar-refractivity contribution in [2.75, 3.05) is 46.5 Å². The van der Waals surface area contributed by atoms with Crippen LogP contribution < -0.4 is 10.6 Å². The molecule has 6 heteroatoms. The molecule has 2 fully saturated rings. The van der Waals surface area contributed by atoms with Crippen molar-refractivity contribution in [2.45, 2.75) is 18.6 Å². The fourth-order valence-electron chi connectivity index (χ4n) is 2.06. The number of urea groups is 1. The topological polar surface area (TPSA) is 62.8 Å². The van der Waals surface area contributed by atoms with Crippen LogP contribution in [0.25, 0.3) is 0 Å². The molecule has 2 N–H and O–H groups in total. The summed E-state index contributed by atoms with van der Waals surface area (Å²) in [6, 6.07) is 0.116. The molecule has 17 heavy (non-hydrogen) atoms. The van der Waals surface area contributed by atoms with Gasteiger partial charge in [0.05, 0.1) is 25.4 Å². The number of nitrogens with one attached hydrogen (secondary N) is 2. The van der Waals surface area contributed by atoms with Gasteiger partial charge in [0.25, 0.3) is 0 Å². The average Bonchev–Trinajstić information content (AvgIpc) is 2.83. The molecule has 2 rings (SSSR count). The van der Waals surface area contributed by atoms with Crippen molar-refractivity contribution in [3.63, 3.8) is 0 Å². The van der Waals surface area contributed by atoms with Crippen LogP contribution in [0, 0.1) is 0 Å². The molecule has 2 heterocycles. The molecule has 6 nitrogen and oxygen atoms in total. The summed E-state index contributed by atoms with van der Waals surface area (Å²) >= 11 is 0. The molecule has 0 saturated carbocycles. The van der Waals surface area contributed by atoms with Gasteiger partial charge in [-0.1, -0.05) is 0 Å². The second-order valence-electron chi connectivity index (χ2n) is 4.59. The third-order valence-corrected chi connectivity index (χ3v) is 3.09. The molecule has 2 aliphatic rings. The molecule has 0 aromatic heterocycles. The lowest BCUT2D eigenvalue weighted by atomic mass is 10.2. The van der Waals surface area contributed by atoms with Crippen LogP contribution in [-0.2, 0) is 9.47 Å². The predicted octanol–water partition coefficient (Wildman–Crippen LogP) is -0.595. The van der Waals surface area contributed by atoms with Crippen LogP contribution in [0.3, 0.4) is 0 Å². The number of hydrogen-bond acceptors (Lipinski definition) is 4. The lowest BCUT2D eigenvalue weighted by molar-refractivity contribution is 0.0153. The van der Waals surface area contributed by atoms with Crippen LogP contribution in [0.5, 0.6) is 0 Å². The van der Waals surface area contributed by atoms with Crippen LogP contribution in [0.4, 0.5) is 4.79 Å². The Morgan fingerprint density at radius 1 is 1.53 bits per heavy atom. The smallest absolute Gasteiger partial charge is 0.317 e. The lowest BCUT2D eigenvalue weighted by Gasteiger charge is -2.28. The first-order chi connectivity index (χ1) is 8.25. The number of amides is 2. The van der Waals surface area contributed by atoms with E-state index in [0.29, 0.717) is 13.2 Å². The van der Waals surface area contributed by atoms with E-state index < -0.39 is 0 Å². The van der Waals surface area contributed by atoms with E-state index in [-0.39, 0.29) is 18.2 Å². The van der Waals surface area contributed by atoms with Crippen LogP contribution in [0.15, 0.2) is 0 Å². The Morgan fingerprint density at radius 2 is 2.41 bits per heavy atom. The first kappa shape index (κ1) is 12.6. The normalized spacial score (nSPS) is 29.0. The minimum Gasteiger partial charge on any atom is -0.379 e. The summed E-state index contributed by atoms with van der Waals surface area (Å²) in [4.78, 5) is 13.5. The highest BCUT2D eigenvalue weighted by Crippen LogP contribution is 2.04. The van der Waals surface area contributed by atoms with Gasteiger partial charge in [-0.3, -0.25) is 0 Å². The van der Waals surface area contributed by atoms with Crippen molar-refractivity contribution in [3.05, 3.63) is 0 Å². The summed E-state index contributed by atoms with van der Waals surface area (Å²) in [5, 5.41) is 6.20. The summed E-state index contributed by atoms with van der Waals surface area (Å²) < 4.78 is 10.8. The molecule has 2 aliphatic heterocycles. The van der Waals surface area contributed by atoms with Gasteiger partial charge in [0.2, 0.25) is 0 Å². The highest BCUT2D eigenvalue weighted by molar-refractivity contribution is 5.74. The van der Waals surface area contributed by atoms with Crippen molar-refractivity contribution in [3.8, 4) is 0 Å². The van der Waals surface area contributed by atoms with Crippen LogP contribution in [0.2, 0.25) is 0 Å². The number of ether oxygens (including phenoxy) is 2. The van der Waals surface area contributed by atoms with Gasteiger partial charge in [-0.2, -0.15) is 0 Å². The summed E-state index contributed by atoms with van der Waals surface area (Å²) in [5.74, 6) is 0. The maximum Gasteiger partial charge on any atom is 0.317 e. The summed E-state index contributed by atoms with van der Waals surface area (Å²) in [6.07, 6.45) is 1.00. The van der Waals surface area contributed by atoms with Crippen LogP contribution in [-0.4, -0.2) is 69.6 Å². The molecule has 0 aromatic carbocycles. The Morgan fingerprint density at radius 3 is 3.06 bits per heavy atom. The molecule has 2 amide bonds. The van der Waals surface area contributed by atoms with Crippen molar-refractivity contribution < 1.29 is 14.3 Å². The summed E-state index contributed by atoms with van der Waals surface area (Å²) in [5.41, 5.74) is 0. The first-order valence-corrected chi connectivity index (χ1v) is 6.17. The predicted molar refractivity (Wildman–Crippen MR) is 63.0 cm³/mol. The number of nitrogens with zero attached hydrogens (tertiary/aromatic N) is 1.